The fraction of sp³-hybridized carbons (Fsp3) is 0.909. The van der Waals surface area contributed by atoms with E-state index in [1.807, 2.05) is 41.5 Å². The number of hydrogen-bond donors (Lipinski definition) is 0. The number of esters is 2. The van der Waals surface area contributed by atoms with Crippen LogP contribution in [0, 0.1) is 10.8 Å². The molecule has 0 heterocycles. The number of rotatable bonds is 12. The summed E-state index contributed by atoms with van der Waals surface area (Å²) < 4.78 is 10.3. The van der Waals surface area contributed by atoms with Gasteiger partial charge in [-0.2, -0.15) is 0 Å². The van der Waals surface area contributed by atoms with E-state index in [9.17, 15) is 9.59 Å². The number of ether oxygens (including phenoxy) is 2. The molecule has 0 amide bonds. The van der Waals surface area contributed by atoms with Gasteiger partial charge in [-0.05, 0) is 53.4 Å². The van der Waals surface area contributed by atoms with Crippen molar-refractivity contribution in [2.75, 3.05) is 13.2 Å². The fourth-order valence-electron chi connectivity index (χ4n) is 1.68. The van der Waals surface area contributed by atoms with Crippen molar-refractivity contribution in [1.82, 2.24) is 0 Å². The molecule has 0 aromatic heterocycles. The SMILES string of the molecule is CCCCCCOC(=O)C(C)(C)CC.CCCCOC(=O)C(C)(C)CC. The molecule has 0 aliphatic rings. The predicted octanol–water partition coefficient (Wildman–Crippen LogP) is 6.31. The highest BCUT2D eigenvalue weighted by atomic mass is 16.5. The molecule has 0 rings (SSSR count). The Morgan fingerprint density at radius 1 is 0.615 bits per heavy atom. The predicted molar refractivity (Wildman–Crippen MR) is 109 cm³/mol. The van der Waals surface area contributed by atoms with E-state index < -0.39 is 0 Å². The highest BCUT2D eigenvalue weighted by Gasteiger charge is 2.27. The molecule has 4 nitrogen and oxygen atoms in total. The molecular weight excluding hydrogens is 328 g/mol. The van der Waals surface area contributed by atoms with Gasteiger partial charge in [0.05, 0.1) is 24.0 Å². The van der Waals surface area contributed by atoms with E-state index in [0.29, 0.717) is 13.2 Å². The summed E-state index contributed by atoms with van der Waals surface area (Å²) >= 11 is 0. The first kappa shape index (κ1) is 27.2. The molecule has 0 saturated carbocycles. The zero-order valence-electron chi connectivity index (χ0n) is 18.7. The van der Waals surface area contributed by atoms with Crippen LogP contribution in [0.25, 0.3) is 0 Å². The minimum absolute atomic E-state index is 0.0588. The second-order valence-electron chi connectivity index (χ2n) is 8.16. The minimum Gasteiger partial charge on any atom is -0.465 e. The van der Waals surface area contributed by atoms with Crippen LogP contribution in [0.15, 0.2) is 0 Å². The average molecular weight is 373 g/mol. The first-order valence-corrected chi connectivity index (χ1v) is 10.4. The molecule has 0 aromatic carbocycles. The Morgan fingerprint density at radius 2 is 1.00 bits per heavy atom. The standard InChI is InChI=1S/C12H24O2.C10H20O2/c1-5-7-8-9-10-14-11(13)12(3,4)6-2;1-5-7-8-12-9(11)10(3,4)6-2/h5-10H2,1-4H3;5-8H2,1-4H3. The molecule has 0 saturated heterocycles. The highest BCUT2D eigenvalue weighted by Crippen LogP contribution is 2.22. The van der Waals surface area contributed by atoms with Crippen LogP contribution in [-0.4, -0.2) is 25.2 Å². The van der Waals surface area contributed by atoms with Gasteiger partial charge in [0.1, 0.15) is 0 Å². The molecule has 0 fully saturated rings. The maximum Gasteiger partial charge on any atom is 0.311 e. The van der Waals surface area contributed by atoms with Crippen LogP contribution in [0.3, 0.4) is 0 Å². The molecule has 0 atom stereocenters. The van der Waals surface area contributed by atoms with E-state index in [2.05, 4.69) is 13.8 Å². The third-order valence-corrected chi connectivity index (χ3v) is 4.84. The van der Waals surface area contributed by atoms with Crippen LogP contribution in [0.1, 0.15) is 107 Å². The maximum atomic E-state index is 11.5. The molecular formula is C22H44O4. The van der Waals surface area contributed by atoms with Crippen molar-refractivity contribution in [3.05, 3.63) is 0 Å². The summed E-state index contributed by atoms with van der Waals surface area (Å²) in [5.41, 5.74) is -0.626. The van der Waals surface area contributed by atoms with Crippen LogP contribution >= 0.6 is 0 Å². The van der Waals surface area contributed by atoms with Crippen LogP contribution in [0.2, 0.25) is 0 Å². The summed E-state index contributed by atoms with van der Waals surface area (Å²) in [6.07, 6.45) is 8.31. The molecule has 26 heavy (non-hydrogen) atoms. The van der Waals surface area contributed by atoms with E-state index in [1.165, 1.54) is 12.8 Å². The van der Waals surface area contributed by atoms with Gasteiger partial charge in [-0.15, -0.1) is 0 Å². The van der Waals surface area contributed by atoms with E-state index in [0.717, 1.165) is 38.5 Å². The van der Waals surface area contributed by atoms with Crippen LogP contribution in [0.5, 0.6) is 0 Å². The zero-order valence-corrected chi connectivity index (χ0v) is 18.7. The Morgan fingerprint density at radius 3 is 1.35 bits per heavy atom. The van der Waals surface area contributed by atoms with Crippen molar-refractivity contribution in [3.63, 3.8) is 0 Å². The summed E-state index contributed by atoms with van der Waals surface area (Å²) in [6.45, 7) is 17.1. The second-order valence-corrected chi connectivity index (χ2v) is 8.16. The summed E-state index contributed by atoms with van der Waals surface area (Å²) in [4.78, 5) is 22.9. The van der Waals surface area contributed by atoms with E-state index in [1.54, 1.807) is 0 Å². The highest BCUT2D eigenvalue weighted by molar-refractivity contribution is 5.76. The van der Waals surface area contributed by atoms with Crippen molar-refractivity contribution >= 4 is 11.9 Å². The van der Waals surface area contributed by atoms with E-state index in [4.69, 9.17) is 9.47 Å². The molecule has 0 aliphatic heterocycles. The van der Waals surface area contributed by atoms with E-state index in [-0.39, 0.29) is 22.8 Å². The lowest BCUT2D eigenvalue weighted by atomic mass is 9.91. The minimum atomic E-state index is -0.315. The Kier molecular flexibility index (Phi) is 15.7. The fourth-order valence-corrected chi connectivity index (χ4v) is 1.68. The van der Waals surface area contributed by atoms with Gasteiger partial charge < -0.3 is 9.47 Å². The van der Waals surface area contributed by atoms with Crippen LogP contribution in [-0.2, 0) is 19.1 Å². The summed E-state index contributed by atoms with van der Waals surface area (Å²) in [6, 6.07) is 0. The third-order valence-electron chi connectivity index (χ3n) is 4.84. The van der Waals surface area contributed by atoms with Crippen LogP contribution < -0.4 is 0 Å². The van der Waals surface area contributed by atoms with Gasteiger partial charge in [0, 0.05) is 0 Å². The van der Waals surface area contributed by atoms with Crippen molar-refractivity contribution < 1.29 is 19.1 Å². The summed E-state index contributed by atoms with van der Waals surface area (Å²) in [7, 11) is 0. The van der Waals surface area contributed by atoms with Crippen molar-refractivity contribution in [1.29, 1.82) is 0 Å². The van der Waals surface area contributed by atoms with E-state index >= 15 is 0 Å². The largest absolute Gasteiger partial charge is 0.465 e. The number of carbonyl (C=O) groups is 2. The Balaban J connectivity index is 0. The maximum absolute atomic E-state index is 11.5. The van der Waals surface area contributed by atoms with Gasteiger partial charge in [0.15, 0.2) is 0 Å². The molecule has 0 aliphatic carbocycles. The lowest BCUT2D eigenvalue weighted by molar-refractivity contribution is -0.155. The molecule has 0 bridgehead atoms. The third kappa shape index (κ3) is 13.2. The topological polar surface area (TPSA) is 52.6 Å². The zero-order chi connectivity index (χ0) is 20.6. The number of unbranched alkanes of at least 4 members (excludes halogenated alkanes) is 4. The smallest absolute Gasteiger partial charge is 0.311 e. The van der Waals surface area contributed by atoms with Gasteiger partial charge in [-0.25, -0.2) is 0 Å². The van der Waals surface area contributed by atoms with Crippen molar-refractivity contribution in [2.45, 2.75) is 107 Å². The number of hydrogen-bond acceptors (Lipinski definition) is 4. The lowest BCUT2D eigenvalue weighted by Crippen LogP contribution is -2.26. The number of carbonyl (C=O) groups excluding carboxylic acids is 2. The second kappa shape index (κ2) is 15.0. The molecule has 0 aromatic rings. The Labute approximate surface area is 162 Å². The van der Waals surface area contributed by atoms with Crippen LogP contribution in [0.4, 0.5) is 0 Å². The average Bonchev–Trinajstić information content (AvgIpc) is 2.61. The monoisotopic (exact) mass is 372 g/mol. The Bertz CT molecular complexity index is 372. The molecule has 156 valence electrons. The lowest BCUT2D eigenvalue weighted by Gasteiger charge is -2.20. The van der Waals surface area contributed by atoms with Crippen molar-refractivity contribution in [3.8, 4) is 0 Å². The van der Waals surface area contributed by atoms with Gasteiger partial charge in [-0.3, -0.25) is 9.59 Å². The quantitative estimate of drug-likeness (QED) is 0.297. The van der Waals surface area contributed by atoms with Gasteiger partial charge >= 0.3 is 11.9 Å². The molecule has 0 radical (unpaired) electrons. The first-order chi connectivity index (χ1) is 12.1. The Hall–Kier alpha value is -1.06. The van der Waals surface area contributed by atoms with Gasteiger partial charge in [0.25, 0.3) is 0 Å². The first-order valence-electron chi connectivity index (χ1n) is 10.4. The molecule has 0 spiro atoms. The summed E-state index contributed by atoms with van der Waals surface area (Å²) in [5, 5.41) is 0. The van der Waals surface area contributed by atoms with Crippen molar-refractivity contribution in [2.24, 2.45) is 10.8 Å². The normalized spacial score (nSPS) is 11.4. The molecule has 4 heteroatoms. The summed E-state index contributed by atoms with van der Waals surface area (Å²) in [5.74, 6) is -0.130. The van der Waals surface area contributed by atoms with Gasteiger partial charge in [-0.1, -0.05) is 53.4 Å². The molecule has 0 unspecified atom stereocenters. The molecule has 0 N–H and O–H groups in total. The van der Waals surface area contributed by atoms with Gasteiger partial charge in [0.2, 0.25) is 0 Å².